The number of anilines is 1. The molecule has 19 heavy (non-hydrogen) atoms. The number of nitrogen functional groups attached to an aromatic ring is 1. The van der Waals surface area contributed by atoms with Gasteiger partial charge in [-0.2, -0.15) is 9.40 Å². The monoisotopic (exact) mass is 283 g/mol. The van der Waals surface area contributed by atoms with Crippen LogP contribution in [0.3, 0.4) is 0 Å². The highest BCUT2D eigenvalue weighted by Crippen LogP contribution is 2.14. The van der Waals surface area contributed by atoms with Gasteiger partial charge in [-0.15, -0.1) is 0 Å². The summed E-state index contributed by atoms with van der Waals surface area (Å²) in [5, 5.41) is 6.53. The summed E-state index contributed by atoms with van der Waals surface area (Å²) in [6.45, 7) is 1.79. The Balaban J connectivity index is 2.21. The van der Waals surface area contributed by atoms with Crippen molar-refractivity contribution < 1.29 is 8.42 Å². The fraction of sp³-hybridized carbons (Fsp3) is 0.333. The zero-order chi connectivity index (χ0) is 14.0. The standard InChI is InChI=1S/C9H13N7O2S/c1-6-13-8(15-14-6)5-16(2)19(17,18)7-3-11-9(10)12-4-7/h3-4H,5H2,1-2H3,(H2,10,11,12)(H,13,14,15). The van der Waals surface area contributed by atoms with Crippen LogP contribution in [-0.4, -0.2) is 44.9 Å². The Labute approximate surface area is 110 Å². The molecule has 0 fully saturated rings. The van der Waals surface area contributed by atoms with Gasteiger partial charge in [0.15, 0.2) is 5.82 Å². The van der Waals surface area contributed by atoms with Gasteiger partial charge in [-0.3, -0.25) is 5.10 Å². The molecule has 0 aliphatic rings. The molecule has 0 bridgehead atoms. The molecule has 2 aromatic rings. The van der Waals surface area contributed by atoms with Crippen molar-refractivity contribution in [2.75, 3.05) is 12.8 Å². The highest BCUT2D eigenvalue weighted by Gasteiger charge is 2.23. The maximum Gasteiger partial charge on any atom is 0.246 e. The highest BCUT2D eigenvalue weighted by atomic mass is 32.2. The van der Waals surface area contributed by atoms with Gasteiger partial charge in [0.25, 0.3) is 0 Å². The normalized spacial score (nSPS) is 11.9. The lowest BCUT2D eigenvalue weighted by Crippen LogP contribution is -2.27. The molecule has 0 atom stereocenters. The molecule has 0 unspecified atom stereocenters. The fourth-order valence-electron chi connectivity index (χ4n) is 1.38. The number of hydrogen-bond acceptors (Lipinski definition) is 7. The molecule has 9 nitrogen and oxygen atoms in total. The van der Waals surface area contributed by atoms with E-state index in [0.717, 1.165) is 16.7 Å². The molecule has 0 aliphatic carbocycles. The van der Waals surface area contributed by atoms with Crippen molar-refractivity contribution in [3.63, 3.8) is 0 Å². The van der Waals surface area contributed by atoms with E-state index in [1.807, 2.05) is 0 Å². The summed E-state index contributed by atoms with van der Waals surface area (Å²) in [6, 6.07) is 0. The number of sulfonamides is 1. The minimum Gasteiger partial charge on any atom is -0.368 e. The molecule has 0 saturated heterocycles. The van der Waals surface area contributed by atoms with E-state index in [1.54, 1.807) is 6.92 Å². The number of nitrogens with one attached hydrogen (secondary N) is 1. The van der Waals surface area contributed by atoms with E-state index in [1.165, 1.54) is 7.05 Å². The third-order valence-electron chi connectivity index (χ3n) is 2.36. The van der Waals surface area contributed by atoms with Gasteiger partial charge in [0.05, 0.1) is 18.9 Å². The van der Waals surface area contributed by atoms with Crippen molar-refractivity contribution in [3.05, 3.63) is 24.0 Å². The van der Waals surface area contributed by atoms with E-state index in [-0.39, 0.29) is 17.4 Å². The van der Waals surface area contributed by atoms with Crippen LogP contribution in [0.15, 0.2) is 17.3 Å². The average Bonchev–Trinajstić information content (AvgIpc) is 2.75. The lowest BCUT2D eigenvalue weighted by Gasteiger charge is -2.14. The molecule has 2 heterocycles. The number of aromatic nitrogens is 5. The lowest BCUT2D eigenvalue weighted by atomic mass is 10.6. The third kappa shape index (κ3) is 2.85. The Hall–Kier alpha value is -2.07. The van der Waals surface area contributed by atoms with E-state index in [0.29, 0.717) is 11.6 Å². The minimum atomic E-state index is -3.69. The van der Waals surface area contributed by atoms with Crippen LogP contribution in [0.2, 0.25) is 0 Å². The van der Waals surface area contributed by atoms with Gasteiger partial charge < -0.3 is 5.73 Å². The predicted octanol–water partition coefficient (Wildman–Crippen LogP) is -0.694. The lowest BCUT2D eigenvalue weighted by molar-refractivity contribution is 0.456. The van der Waals surface area contributed by atoms with Crippen molar-refractivity contribution in [1.29, 1.82) is 0 Å². The first-order valence-corrected chi connectivity index (χ1v) is 6.75. The summed E-state index contributed by atoms with van der Waals surface area (Å²) >= 11 is 0. The van der Waals surface area contributed by atoms with Gasteiger partial charge in [-0.05, 0) is 6.92 Å². The molecule has 3 N–H and O–H groups in total. The topological polar surface area (TPSA) is 131 Å². The molecule has 0 saturated carbocycles. The van der Waals surface area contributed by atoms with E-state index in [9.17, 15) is 8.42 Å². The Morgan fingerprint density at radius 3 is 2.53 bits per heavy atom. The smallest absolute Gasteiger partial charge is 0.246 e. The van der Waals surface area contributed by atoms with Crippen LogP contribution in [0.5, 0.6) is 0 Å². The SMILES string of the molecule is Cc1nc(CN(C)S(=O)(=O)c2cnc(N)nc2)n[nH]1. The van der Waals surface area contributed by atoms with Gasteiger partial charge in [-0.25, -0.2) is 23.4 Å². The van der Waals surface area contributed by atoms with Gasteiger partial charge >= 0.3 is 0 Å². The largest absolute Gasteiger partial charge is 0.368 e. The number of H-pyrrole nitrogens is 1. The zero-order valence-corrected chi connectivity index (χ0v) is 11.2. The van der Waals surface area contributed by atoms with Crippen LogP contribution in [0.25, 0.3) is 0 Å². The van der Waals surface area contributed by atoms with Gasteiger partial charge in [-0.1, -0.05) is 0 Å². The Morgan fingerprint density at radius 1 is 1.37 bits per heavy atom. The molecule has 0 spiro atoms. The molecule has 2 rings (SSSR count). The molecule has 2 aromatic heterocycles. The second kappa shape index (κ2) is 4.90. The molecule has 0 aromatic carbocycles. The zero-order valence-electron chi connectivity index (χ0n) is 10.4. The van der Waals surface area contributed by atoms with Gasteiger partial charge in [0.2, 0.25) is 16.0 Å². The second-order valence-corrected chi connectivity index (χ2v) is 5.92. The first-order valence-electron chi connectivity index (χ1n) is 5.31. The first kappa shape index (κ1) is 13.4. The molecule has 10 heteroatoms. The summed E-state index contributed by atoms with van der Waals surface area (Å²) in [5.41, 5.74) is 5.32. The molecular formula is C9H13N7O2S. The number of nitrogens with two attached hydrogens (primary N) is 1. The van der Waals surface area contributed by atoms with E-state index < -0.39 is 10.0 Å². The number of hydrogen-bond donors (Lipinski definition) is 2. The predicted molar refractivity (Wildman–Crippen MR) is 66.2 cm³/mol. The summed E-state index contributed by atoms with van der Waals surface area (Å²) in [5.74, 6) is 1.03. The first-order chi connectivity index (χ1) is 8.89. The van der Waals surface area contributed by atoms with Crippen molar-refractivity contribution in [1.82, 2.24) is 29.5 Å². The average molecular weight is 283 g/mol. The maximum atomic E-state index is 12.2. The van der Waals surface area contributed by atoms with Crippen molar-refractivity contribution in [2.45, 2.75) is 18.4 Å². The van der Waals surface area contributed by atoms with Crippen molar-refractivity contribution >= 4 is 16.0 Å². The Morgan fingerprint density at radius 2 is 2.00 bits per heavy atom. The van der Waals surface area contributed by atoms with E-state index >= 15 is 0 Å². The van der Waals surface area contributed by atoms with Crippen LogP contribution >= 0.6 is 0 Å². The highest BCUT2D eigenvalue weighted by molar-refractivity contribution is 7.89. The molecule has 0 amide bonds. The molecule has 0 radical (unpaired) electrons. The number of rotatable bonds is 4. The van der Waals surface area contributed by atoms with Crippen LogP contribution in [0.1, 0.15) is 11.6 Å². The second-order valence-electron chi connectivity index (χ2n) is 3.88. The van der Waals surface area contributed by atoms with Crippen molar-refractivity contribution in [2.24, 2.45) is 0 Å². The molecule has 102 valence electrons. The Kier molecular flexibility index (Phi) is 3.44. The summed E-state index contributed by atoms with van der Waals surface area (Å²) in [7, 11) is -2.26. The number of aromatic amines is 1. The molecular weight excluding hydrogens is 270 g/mol. The van der Waals surface area contributed by atoms with Gasteiger partial charge in [0, 0.05) is 7.05 Å². The summed E-state index contributed by atoms with van der Waals surface area (Å²) in [6.07, 6.45) is 2.33. The quantitative estimate of drug-likeness (QED) is 0.758. The van der Waals surface area contributed by atoms with Crippen molar-refractivity contribution in [3.8, 4) is 0 Å². The van der Waals surface area contributed by atoms with Crippen LogP contribution < -0.4 is 5.73 Å². The van der Waals surface area contributed by atoms with Gasteiger partial charge in [0.1, 0.15) is 10.7 Å². The van der Waals surface area contributed by atoms with Crippen LogP contribution in [0.4, 0.5) is 5.95 Å². The number of nitrogens with zero attached hydrogens (tertiary/aromatic N) is 5. The van der Waals surface area contributed by atoms with E-state index in [4.69, 9.17) is 5.73 Å². The minimum absolute atomic E-state index is 0.0196. The fourth-order valence-corrected chi connectivity index (χ4v) is 2.40. The van der Waals surface area contributed by atoms with Crippen LogP contribution in [0, 0.1) is 6.92 Å². The molecule has 0 aliphatic heterocycles. The Bertz CT molecular complexity index is 664. The summed E-state index contributed by atoms with van der Waals surface area (Å²) < 4.78 is 25.5. The third-order valence-corrected chi connectivity index (χ3v) is 4.12. The van der Waals surface area contributed by atoms with E-state index in [2.05, 4.69) is 25.1 Å². The summed E-state index contributed by atoms with van der Waals surface area (Å²) in [4.78, 5) is 11.3. The maximum absolute atomic E-state index is 12.2. The number of aryl methyl sites for hydroxylation is 1. The van der Waals surface area contributed by atoms with Crippen LogP contribution in [-0.2, 0) is 16.6 Å².